The van der Waals surface area contributed by atoms with Crippen LogP contribution in [0.25, 0.3) is 0 Å². The van der Waals surface area contributed by atoms with Crippen LogP contribution in [0.15, 0.2) is 30.3 Å². The second kappa shape index (κ2) is 9.67. The Labute approximate surface area is 94.4 Å². The minimum Gasteiger partial charge on any atom is -0.326 e. The monoisotopic (exact) mass is 224 g/mol. The van der Waals surface area contributed by atoms with Crippen molar-refractivity contribution in [2.75, 3.05) is 5.32 Å². The highest BCUT2D eigenvalue weighted by molar-refractivity contribution is 5.90. The van der Waals surface area contributed by atoms with E-state index in [0.29, 0.717) is 6.42 Å². The summed E-state index contributed by atoms with van der Waals surface area (Å²) in [6.45, 7) is 1.99. The van der Waals surface area contributed by atoms with Crippen molar-refractivity contribution in [3.05, 3.63) is 30.3 Å². The maximum atomic E-state index is 11.1. The standard InChI is InChI=1S/C10H13NO.CH3NO2/c1-2-6-10(12)11-9-7-4-3-5-8-9;3-1-2-4/h3-5,7-8H,2,6H2,1H3,(H,11,12);1,4H,(H,2,3). The Balaban J connectivity index is 0.000000487. The van der Waals surface area contributed by atoms with E-state index in [1.807, 2.05) is 37.3 Å². The third-order valence-corrected chi connectivity index (χ3v) is 1.59. The van der Waals surface area contributed by atoms with Gasteiger partial charge in [0.1, 0.15) is 0 Å². The molecule has 88 valence electrons. The van der Waals surface area contributed by atoms with Crippen LogP contribution in [-0.2, 0) is 9.59 Å². The predicted molar refractivity (Wildman–Crippen MR) is 61.0 cm³/mol. The van der Waals surface area contributed by atoms with Gasteiger partial charge in [0, 0.05) is 12.1 Å². The van der Waals surface area contributed by atoms with E-state index in [0.717, 1.165) is 12.1 Å². The Morgan fingerprint density at radius 3 is 2.38 bits per heavy atom. The van der Waals surface area contributed by atoms with Crippen LogP contribution in [0, 0.1) is 0 Å². The normalized spacial score (nSPS) is 8.38. The number of carbonyl (C=O) groups excluding carboxylic acids is 2. The van der Waals surface area contributed by atoms with Crippen LogP contribution < -0.4 is 10.8 Å². The molecule has 3 N–H and O–H groups in total. The zero-order chi connectivity index (χ0) is 12.2. The zero-order valence-electron chi connectivity index (χ0n) is 9.14. The fraction of sp³-hybridized carbons (Fsp3) is 0.273. The SMILES string of the molecule is CCCC(=O)Nc1ccccc1.O=CNO. The topological polar surface area (TPSA) is 78.4 Å². The van der Waals surface area contributed by atoms with Crippen molar-refractivity contribution in [3.8, 4) is 0 Å². The van der Waals surface area contributed by atoms with Gasteiger partial charge in [-0.15, -0.1) is 0 Å². The number of para-hydroxylation sites is 1. The number of benzene rings is 1. The first kappa shape index (κ1) is 14.1. The molecule has 0 aliphatic rings. The van der Waals surface area contributed by atoms with E-state index in [-0.39, 0.29) is 12.3 Å². The van der Waals surface area contributed by atoms with Gasteiger partial charge in [-0.3, -0.25) is 14.8 Å². The Kier molecular flexibility index (Phi) is 8.53. The molecule has 0 fully saturated rings. The number of carbonyl (C=O) groups is 2. The lowest BCUT2D eigenvalue weighted by Gasteiger charge is -2.02. The van der Waals surface area contributed by atoms with Crippen LogP contribution >= 0.6 is 0 Å². The molecule has 1 rings (SSSR count). The fourth-order valence-corrected chi connectivity index (χ4v) is 0.972. The van der Waals surface area contributed by atoms with E-state index < -0.39 is 0 Å². The molecule has 0 aromatic heterocycles. The number of amides is 2. The van der Waals surface area contributed by atoms with Crippen molar-refractivity contribution in [2.45, 2.75) is 19.8 Å². The number of rotatable bonds is 4. The van der Waals surface area contributed by atoms with Gasteiger partial charge in [-0.1, -0.05) is 25.1 Å². The van der Waals surface area contributed by atoms with E-state index in [1.165, 1.54) is 5.48 Å². The van der Waals surface area contributed by atoms with Gasteiger partial charge in [-0.05, 0) is 18.6 Å². The van der Waals surface area contributed by atoms with E-state index in [9.17, 15) is 4.79 Å². The molecule has 0 saturated heterocycles. The number of hydrogen-bond donors (Lipinski definition) is 3. The van der Waals surface area contributed by atoms with Crippen molar-refractivity contribution in [3.63, 3.8) is 0 Å². The Bertz CT molecular complexity index is 301. The average Bonchev–Trinajstić information content (AvgIpc) is 2.31. The first-order valence-electron chi connectivity index (χ1n) is 4.92. The Hall–Kier alpha value is -1.88. The van der Waals surface area contributed by atoms with Crippen LogP contribution in [0.1, 0.15) is 19.8 Å². The molecule has 5 nitrogen and oxygen atoms in total. The summed E-state index contributed by atoms with van der Waals surface area (Å²) in [6, 6.07) is 9.50. The molecule has 0 spiro atoms. The van der Waals surface area contributed by atoms with E-state index >= 15 is 0 Å². The summed E-state index contributed by atoms with van der Waals surface area (Å²) in [7, 11) is 0. The fourth-order valence-electron chi connectivity index (χ4n) is 0.972. The van der Waals surface area contributed by atoms with Crippen molar-refractivity contribution in [2.24, 2.45) is 0 Å². The number of hydrogen-bond acceptors (Lipinski definition) is 3. The highest BCUT2D eigenvalue weighted by Gasteiger charge is 1.97. The lowest BCUT2D eigenvalue weighted by atomic mass is 10.3. The minimum atomic E-state index is 0.0868. The lowest BCUT2D eigenvalue weighted by Crippen LogP contribution is -2.10. The number of anilines is 1. The third kappa shape index (κ3) is 7.52. The summed E-state index contributed by atoms with van der Waals surface area (Å²) in [6.07, 6.45) is 1.66. The van der Waals surface area contributed by atoms with Gasteiger partial charge in [0.15, 0.2) is 0 Å². The molecule has 0 bridgehead atoms. The van der Waals surface area contributed by atoms with Crippen molar-refractivity contribution in [1.82, 2.24) is 5.48 Å². The van der Waals surface area contributed by atoms with Crippen LogP contribution in [0.4, 0.5) is 5.69 Å². The highest BCUT2D eigenvalue weighted by atomic mass is 16.5. The summed E-state index contributed by atoms with van der Waals surface area (Å²) in [5, 5.41) is 10.1. The molecule has 0 atom stereocenters. The largest absolute Gasteiger partial charge is 0.326 e. The van der Waals surface area contributed by atoms with Gasteiger partial charge in [-0.2, -0.15) is 0 Å². The van der Waals surface area contributed by atoms with Crippen molar-refractivity contribution >= 4 is 18.0 Å². The quantitative estimate of drug-likeness (QED) is 0.412. The minimum absolute atomic E-state index is 0.0868. The number of hydroxylamine groups is 1. The molecule has 0 aliphatic carbocycles. The molecule has 0 radical (unpaired) electrons. The molecule has 0 unspecified atom stereocenters. The number of nitrogens with one attached hydrogen (secondary N) is 2. The second-order valence-electron chi connectivity index (χ2n) is 2.91. The van der Waals surface area contributed by atoms with Crippen molar-refractivity contribution in [1.29, 1.82) is 0 Å². The van der Waals surface area contributed by atoms with Gasteiger partial charge >= 0.3 is 0 Å². The predicted octanol–water partition coefficient (Wildman–Crippen LogP) is 1.55. The smallest absolute Gasteiger partial charge is 0.230 e. The van der Waals surface area contributed by atoms with Crippen molar-refractivity contribution < 1.29 is 14.8 Å². The summed E-state index contributed by atoms with van der Waals surface area (Å²) >= 11 is 0. The molecule has 16 heavy (non-hydrogen) atoms. The van der Waals surface area contributed by atoms with Gasteiger partial charge in [-0.25, -0.2) is 5.48 Å². The lowest BCUT2D eigenvalue weighted by molar-refractivity contribution is -0.117. The summed E-state index contributed by atoms with van der Waals surface area (Å²) in [5.74, 6) is 0.0868. The average molecular weight is 224 g/mol. The molecule has 1 aromatic rings. The van der Waals surface area contributed by atoms with Gasteiger partial charge in [0.25, 0.3) is 0 Å². The maximum absolute atomic E-state index is 11.1. The molecule has 2 amide bonds. The Morgan fingerprint density at radius 1 is 1.38 bits per heavy atom. The molecule has 5 heteroatoms. The summed E-state index contributed by atoms with van der Waals surface area (Å²) in [5.41, 5.74) is 2.12. The molecular weight excluding hydrogens is 208 g/mol. The van der Waals surface area contributed by atoms with E-state index in [2.05, 4.69) is 5.32 Å². The van der Waals surface area contributed by atoms with E-state index in [4.69, 9.17) is 10.0 Å². The zero-order valence-corrected chi connectivity index (χ0v) is 9.14. The highest BCUT2D eigenvalue weighted by Crippen LogP contribution is 2.05. The van der Waals surface area contributed by atoms with Gasteiger partial charge < -0.3 is 5.32 Å². The summed E-state index contributed by atoms with van der Waals surface area (Å²) in [4.78, 5) is 19.9. The molecule has 1 aromatic carbocycles. The van der Waals surface area contributed by atoms with Crippen LogP contribution in [0.5, 0.6) is 0 Å². The van der Waals surface area contributed by atoms with Crippen LogP contribution in [0.2, 0.25) is 0 Å². The Morgan fingerprint density at radius 2 is 1.94 bits per heavy atom. The maximum Gasteiger partial charge on any atom is 0.230 e. The molecule has 0 heterocycles. The van der Waals surface area contributed by atoms with Gasteiger partial charge in [0.2, 0.25) is 12.3 Å². The summed E-state index contributed by atoms with van der Waals surface area (Å²) < 4.78 is 0. The first-order chi connectivity index (χ1) is 7.74. The van der Waals surface area contributed by atoms with Gasteiger partial charge in [0.05, 0.1) is 0 Å². The molecular formula is C11H16N2O3. The molecule has 0 aliphatic heterocycles. The second-order valence-corrected chi connectivity index (χ2v) is 2.91. The molecule has 0 saturated carbocycles. The van der Waals surface area contributed by atoms with Crippen LogP contribution in [0.3, 0.4) is 0 Å². The first-order valence-corrected chi connectivity index (χ1v) is 4.92. The third-order valence-electron chi connectivity index (χ3n) is 1.59. The van der Waals surface area contributed by atoms with Crippen LogP contribution in [-0.4, -0.2) is 17.5 Å². The van der Waals surface area contributed by atoms with E-state index in [1.54, 1.807) is 0 Å².